The SMILES string of the molecule is CCCCC(F)(F)C(F)(F)[Si](C)(C)C=Cc1ccccc1. The molecule has 0 nitrogen and oxygen atoms in total. The van der Waals surface area contributed by atoms with Crippen molar-refractivity contribution in [2.45, 2.75) is 50.7 Å². The van der Waals surface area contributed by atoms with Gasteiger partial charge in [0.15, 0.2) is 8.07 Å². The number of alkyl halides is 4. The average Bonchev–Trinajstić information content (AvgIpc) is 2.44. The van der Waals surface area contributed by atoms with E-state index in [-0.39, 0.29) is 6.42 Å². The maximum atomic E-state index is 14.3. The van der Waals surface area contributed by atoms with E-state index in [1.807, 2.05) is 6.07 Å². The molecule has 5 heteroatoms. The zero-order valence-corrected chi connectivity index (χ0v) is 13.7. The summed E-state index contributed by atoms with van der Waals surface area (Å²) in [4.78, 5) is 0. The minimum absolute atomic E-state index is 0.107. The molecule has 0 amide bonds. The Hall–Kier alpha value is -1.10. The first-order valence-corrected chi connectivity index (χ1v) is 10.2. The van der Waals surface area contributed by atoms with Crippen LogP contribution in [0, 0.1) is 0 Å². The molecule has 0 radical (unpaired) electrons. The summed E-state index contributed by atoms with van der Waals surface area (Å²) in [5.74, 6) is -3.94. The van der Waals surface area contributed by atoms with Crippen LogP contribution >= 0.6 is 0 Å². The summed E-state index contributed by atoms with van der Waals surface area (Å²) in [7, 11) is -3.56. The summed E-state index contributed by atoms with van der Waals surface area (Å²) < 4.78 is 56.3. The molecule has 1 rings (SSSR count). The maximum Gasteiger partial charge on any atom is 0.306 e. The number of hydrogen-bond donors (Lipinski definition) is 0. The summed E-state index contributed by atoms with van der Waals surface area (Å²) in [6.07, 6.45) is 1.35. The van der Waals surface area contributed by atoms with E-state index in [9.17, 15) is 17.6 Å². The maximum absolute atomic E-state index is 14.3. The fraction of sp³-hybridized carbons (Fsp3) is 0.500. The molecule has 1 aromatic rings. The fourth-order valence-corrected chi connectivity index (χ4v) is 3.89. The summed E-state index contributed by atoms with van der Waals surface area (Å²) in [6.45, 7) is 4.28. The van der Waals surface area contributed by atoms with Crippen LogP contribution in [-0.4, -0.2) is 19.5 Å². The molecule has 21 heavy (non-hydrogen) atoms. The molecule has 0 atom stereocenters. The Morgan fingerprint density at radius 1 is 1.05 bits per heavy atom. The zero-order valence-electron chi connectivity index (χ0n) is 12.7. The third-order valence-corrected chi connectivity index (χ3v) is 6.59. The van der Waals surface area contributed by atoms with Gasteiger partial charge in [-0.15, -0.1) is 0 Å². The van der Waals surface area contributed by atoms with Gasteiger partial charge in [0, 0.05) is 6.42 Å². The highest BCUT2D eigenvalue weighted by Gasteiger charge is 2.63. The first-order chi connectivity index (χ1) is 9.64. The van der Waals surface area contributed by atoms with E-state index < -0.39 is 26.0 Å². The molecular weight excluding hydrogens is 296 g/mol. The molecule has 118 valence electrons. The van der Waals surface area contributed by atoms with Crippen molar-refractivity contribution in [3.8, 4) is 0 Å². The normalized spacial score (nSPS) is 13.9. The summed E-state index contributed by atoms with van der Waals surface area (Å²) in [5, 5.41) is 0. The van der Waals surface area contributed by atoms with Crippen LogP contribution in [0.2, 0.25) is 13.1 Å². The van der Waals surface area contributed by atoms with E-state index in [1.165, 1.54) is 24.9 Å². The molecule has 0 unspecified atom stereocenters. The average molecular weight is 318 g/mol. The number of halogens is 4. The highest BCUT2D eigenvalue weighted by Crippen LogP contribution is 2.44. The molecule has 0 bridgehead atoms. The number of rotatable bonds is 7. The third kappa shape index (κ3) is 4.19. The van der Waals surface area contributed by atoms with Crippen molar-refractivity contribution < 1.29 is 17.6 Å². The van der Waals surface area contributed by atoms with E-state index in [2.05, 4.69) is 0 Å². The first kappa shape index (κ1) is 17.9. The monoisotopic (exact) mass is 318 g/mol. The summed E-state index contributed by atoms with van der Waals surface area (Å²) >= 11 is 0. The standard InChI is InChI=1S/C16H22F4Si/c1-4-5-12-15(17,18)16(19,20)21(2,3)13-11-14-9-7-6-8-10-14/h6-11,13H,4-5,12H2,1-3H3. The first-order valence-electron chi connectivity index (χ1n) is 7.14. The Balaban J connectivity index is 2.96. The third-order valence-electron chi connectivity index (χ3n) is 3.60. The van der Waals surface area contributed by atoms with Crippen molar-refractivity contribution >= 4 is 14.1 Å². The second-order valence-electron chi connectivity index (χ2n) is 5.85. The van der Waals surface area contributed by atoms with Crippen LogP contribution in [0.3, 0.4) is 0 Å². The number of unbranched alkanes of at least 4 members (excludes halogenated alkanes) is 1. The summed E-state index contributed by atoms with van der Waals surface area (Å²) in [6, 6.07) is 8.89. The van der Waals surface area contributed by atoms with Crippen LogP contribution in [0.4, 0.5) is 17.6 Å². The predicted molar refractivity (Wildman–Crippen MR) is 82.4 cm³/mol. The predicted octanol–water partition coefficient (Wildman–Crippen LogP) is 5.95. The second-order valence-corrected chi connectivity index (χ2v) is 10.3. The largest absolute Gasteiger partial charge is 0.306 e. The van der Waals surface area contributed by atoms with Gasteiger partial charge in [-0.05, 0) is 12.0 Å². The quantitative estimate of drug-likeness (QED) is 0.430. The lowest BCUT2D eigenvalue weighted by molar-refractivity contribution is -0.168. The molecule has 0 fully saturated rings. The Kier molecular flexibility index (Phi) is 5.79. The van der Waals surface area contributed by atoms with Crippen LogP contribution in [0.15, 0.2) is 36.0 Å². The smallest absolute Gasteiger partial charge is 0.205 e. The van der Waals surface area contributed by atoms with E-state index in [4.69, 9.17) is 0 Å². The number of benzene rings is 1. The molecule has 0 spiro atoms. The van der Waals surface area contributed by atoms with Crippen molar-refractivity contribution in [2.75, 3.05) is 0 Å². The van der Waals surface area contributed by atoms with Crippen LogP contribution in [0.1, 0.15) is 31.7 Å². The van der Waals surface area contributed by atoms with Gasteiger partial charge in [0.1, 0.15) is 0 Å². The van der Waals surface area contributed by atoms with E-state index in [0.717, 1.165) is 5.56 Å². The van der Waals surface area contributed by atoms with Gasteiger partial charge < -0.3 is 0 Å². The van der Waals surface area contributed by atoms with Crippen molar-refractivity contribution in [2.24, 2.45) is 0 Å². The fourth-order valence-electron chi connectivity index (χ4n) is 2.00. The van der Waals surface area contributed by atoms with Crippen molar-refractivity contribution in [1.29, 1.82) is 0 Å². The van der Waals surface area contributed by atoms with Gasteiger partial charge in [-0.1, -0.05) is 68.5 Å². The lowest BCUT2D eigenvalue weighted by atomic mass is 10.1. The highest BCUT2D eigenvalue weighted by molar-refractivity contribution is 6.85. The van der Waals surface area contributed by atoms with Crippen LogP contribution < -0.4 is 0 Å². The molecule has 0 aliphatic heterocycles. The molecule has 0 saturated carbocycles. The van der Waals surface area contributed by atoms with Crippen LogP contribution in [0.25, 0.3) is 6.08 Å². The zero-order chi connectivity index (χ0) is 16.1. The van der Waals surface area contributed by atoms with Crippen molar-refractivity contribution in [3.05, 3.63) is 41.6 Å². The molecule has 0 N–H and O–H groups in total. The van der Waals surface area contributed by atoms with E-state index >= 15 is 0 Å². The van der Waals surface area contributed by atoms with Gasteiger partial charge >= 0.3 is 5.92 Å². The van der Waals surface area contributed by atoms with Crippen LogP contribution in [0.5, 0.6) is 0 Å². The van der Waals surface area contributed by atoms with Gasteiger partial charge in [-0.2, -0.15) is 0 Å². The summed E-state index contributed by atoms with van der Waals surface area (Å²) in [5.41, 5.74) is -1.91. The van der Waals surface area contributed by atoms with Gasteiger partial charge in [-0.25, -0.2) is 17.6 Å². The topological polar surface area (TPSA) is 0 Å². The van der Waals surface area contributed by atoms with Gasteiger partial charge in [0.2, 0.25) is 0 Å². The molecule has 0 aromatic heterocycles. The Labute approximate surface area is 124 Å². The van der Waals surface area contributed by atoms with Gasteiger partial charge in [0.05, 0.1) is 0 Å². The molecule has 0 aliphatic rings. The Morgan fingerprint density at radius 2 is 1.62 bits per heavy atom. The molecule has 0 heterocycles. The Bertz CT molecular complexity index is 466. The molecule has 0 aliphatic carbocycles. The molecular formula is C16H22F4Si. The lowest BCUT2D eigenvalue weighted by Crippen LogP contribution is -2.58. The Morgan fingerprint density at radius 3 is 2.14 bits per heavy atom. The van der Waals surface area contributed by atoms with Gasteiger partial charge in [0.25, 0.3) is 5.55 Å². The lowest BCUT2D eigenvalue weighted by Gasteiger charge is -2.36. The molecule has 0 saturated heterocycles. The second kappa shape index (κ2) is 6.77. The number of hydrogen-bond acceptors (Lipinski definition) is 0. The van der Waals surface area contributed by atoms with Crippen LogP contribution in [-0.2, 0) is 0 Å². The minimum Gasteiger partial charge on any atom is -0.205 e. The van der Waals surface area contributed by atoms with E-state index in [1.54, 1.807) is 31.2 Å². The molecule has 1 aromatic carbocycles. The van der Waals surface area contributed by atoms with E-state index in [0.29, 0.717) is 6.42 Å². The van der Waals surface area contributed by atoms with Gasteiger partial charge in [-0.3, -0.25) is 0 Å². The van der Waals surface area contributed by atoms with Crippen molar-refractivity contribution in [3.63, 3.8) is 0 Å². The highest BCUT2D eigenvalue weighted by atomic mass is 28.3. The van der Waals surface area contributed by atoms with Crippen molar-refractivity contribution in [1.82, 2.24) is 0 Å². The minimum atomic E-state index is -3.96.